The minimum Gasteiger partial charge on any atom is -0.380 e. The Hall–Kier alpha value is -0.120. The fourth-order valence-electron chi connectivity index (χ4n) is 5.10. The SMILES string of the molecule is CC(C)C1OC2CCOCC2N(C2CC2)C(C(C)C)C1C(C)C. The van der Waals surface area contributed by atoms with Crippen LogP contribution in [-0.2, 0) is 9.47 Å². The second-order valence-corrected chi connectivity index (χ2v) is 9.05. The molecule has 0 aromatic carbocycles. The van der Waals surface area contributed by atoms with Crippen molar-refractivity contribution in [2.24, 2.45) is 23.7 Å². The summed E-state index contributed by atoms with van der Waals surface area (Å²) in [5.74, 6) is 2.50. The molecule has 0 N–H and O–H groups in total. The van der Waals surface area contributed by atoms with Crippen molar-refractivity contribution in [2.45, 2.75) is 91.1 Å². The van der Waals surface area contributed by atoms with Gasteiger partial charge in [-0.05, 0) is 37.0 Å². The molecule has 3 rings (SSSR count). The van der Waals surface area contributed by atoms with Gasteiger partial charge in [-0.2, -0.15) is 0 Å². The molecule has 0 radical (unpaired) electrons. The van der Waals surface area contributed by atoms with Crippen molar-refractivity contribution in [3.05, 3.63) is 0 Å². The third-order valence-corrected chi connectivity index (χ3v) is 6.18. The number of rotatable bonds is 4. The third kappa shape index (κ3) is 3.48. The van der Waals surface area contributed by atoms with Gasteiger partial charge in [-0.25, -0.2) is 0 Å². The van der Waals surface area contributed by atoms with Crippen molar-refractivity contribution in [1.82, 2.24) is 4.90 Å². The Morgan fingerprint density at radius 2 is 1.57 bits per heavy atom. The predicted molar refractivity (Wildman–Crippen MR) is 94.5 cm³/mol. The average molecular weight is 324 g/mol. The summed E-state index contributed by atoms with van der Waals surface area (Å²) in [6.07, 6.45) is 4.53. The van der Waals surface area contributed by atoms with Crippen molar-refractivity contribution in [1.29, 1.82) is 0 Å². The van der Waals surface area contributed by atoms with E-state index in [1.165, 1.54) is 12.8 Å². The molecule has 0 aromatic rings. The van der Waals surface area contributed by atoms with Crippen LogP contribution >= 0.6 is 0 Å². The van der Waals surface area contributed by atoms with Gasteiger partial charge in [0, 0.05) is 24.6 Å². The molecule has 134 valence electrons. The lowest BCUT2D eigenvalue weighted by Crippen LogP contribution is -2.57. The van der Waals surface area contributed by atoms with E-state index in [1.54, 1.807) is 0 Å². The van der Waals surface area contributed by atoms with Gasteiger partial charge in [0.1, 0.15) is 0 Å². The lowest BCUT2D eigenvalue weighted by Gasteiger charge is -2.45. The number of fused-ring (bicyclic) bond motifs is 1. The second kappa shape index (κ2) is 7.01. The zero-order valence-electron chi connectivity index (χ0n) is 16.0. The molecule has 5 atom stereocenters. The van der Waals surface area contributed by atoms with E-state index in [2.05, 4.69) is 46.4 Å². The molecule has 3 nitrogen and oxygen atoms in total. The molecule has 2 saturated heterocycles. The monoisotopic (exact) mass is 323 g/mol. The molecule has 3 fully saturated rings. The summed E-state index contributed by atoms with van der Waals surface area (Å²) in [5, 5.41) is 0. The van der Waals surface area contributed by atoms with Gasteiger partial charge in [0.15, 0.2) is 0 Å². The quantitative estimate of drug-likeness (QED) is 0.781. The second-order valence-electron chi connectivity index (χ2n) is 9.05. The molecular weight excluding hydrogens is 286 g/mol. The van der Waals surface area contributed by atoms with Crippen molar-refractivity contribution < 1.29 is 9.47 Å². The highest BCUT2D eigenvalue weighted by atomic mass is 16.5. The molecule has 2 aliphatic heterocycles. The van der Waals surface area contributed by atoms with Crippen molar-refractivity contribution >= 4 is 0 Å². The highest BCUT2D eigenvalue weighted by Crippen LogP contribution is 2.44. The molecule has 2 heterocycles. The summed E-state index contributed by atoms with van der Waals surface area (Å²) >= 11 is 0. The Morgan fingerprint density at radius 1 is 0.870 bits per heavy atom. The van der Waals surface area contributed by atoms with Crippen LogP contribution in [-0.4, -0.2) is 48.4 Å². The van der Waals surface area contributed by atoms with Crippen LogP contribution in [0.3, 0.4) is 0 Å². The molecule has 0 amide bonds. The Morgan fingerprint density at radius 3 is 2.09 bits per heavy atom. The largest absolute Gasteiger partial charge is 0.380 e. The zero-order valence-corrected chi connectivity index (χ0v) is 16.0. The first-order chi connectivity index (χ1) is 10.9. The number of ether oxygens (including phenoxy) is 2. The minimum absolute atomic E-state index is 0.363. The summed E-state index contributed by atoms with van der Waals surface area (Å²) in [5.41, 5.74) is 0. The topological polar surface area (TPSA) is 21.7 Å². The molecule has 1 aliphatic carbocycles. The first-order valence-electron chi connectivity index (χ1n) is 9.92. The van der Waals surface area contributed by atoms with Crippen LogP contribution in [0.25, 0.3) is 0 Å². The Balaban J connectivity index is 2.01. The molecule has 0 spiro atoms. The molecular formula is C20H37NO2. The number of nitrogens with zero attached hydrogens (tertiary/aromatic N) is 1. The number of hydrogen-bond donors (Lipinski definition) is 0. The van der Waals surface area contributed by atoms with Crippen LogP contribution in [0, 0.1) is 23.7 Å². The summed E-state index contributed by atoms with van der Waals surface area (Å²) in [6.45, 7) is 16.0. The van der Waals surface area contributed by atoms with Crippen molar-refractivity contribution in [2.75, 3.05) is 13.2 Å². The molecule has 0 bridgehead atoms. The van der Waals surface area contributed by atoms with E-state index >= 15 is 0 Å². The summed E-state index contributed by atoms with van der Waals surface area (Å²) in [6, 6.07) is 1.85. The van der Waals surface area contributed by atoms with Crippen molar-refractivity contribution in [3.63, 3.8) is 0 Å². The molecule has 0 aromatic heterocycles. The lowest BCUT2D eigenvalue weighted by molar-refractivity contribution is -0.116. The number of hydrogen-bond acceptors (Lipinski definition) is 3. The Kier molecular flexibility index (Phi) is 5.40. The Bertz CT molecular complexity index is 387. The van der Waals surface area contributed by atoms with E-state index in [9.17, 15) is 0 Å². The maximum Gasteiger partial charge on any atom is 0.0778 e. The highest BCUT2D eigenvalue weighted by molar-refractivity contribution is 5.03. The van der Waals surface area contributed by atoms with Crippen LogP contribution in [0.2, 0.25) is 0 Å². The summed E-state index contributed by atoms with van der Waals surface area (Å²) in [4.78, 5) is 2.86. The van der Waals surface area contributed by atoms with Gasteiger partial charge in [0.25, 0.3) is 0 Å². The van der Waals surface area contributed by atoms with Gasteiger partial charge in [-0.3, -0.25) is 4.90 Å². The molecule has 1 saturated carbocycles. The van der Waals surface area contributed by atoms with Gasteiger partial charge < -0.3 is 9.47 Å². The standard InChI is InChI=1S/C20H37NO2/c1-12(2)18-19(13(3)4)21(15-7-8-15)16-11-22-10-9-17(16)23-20(18)14(5)6/h12-20H,7-11H2,1-6H3. The van der Waals surface area contributed by atoms with E-state index in [4.69, 9.17) is 9.47 Å². The van der Waals surface area contributed by atoms with Gasteiger partial charge in [-0.15, -0.1) is 0 Å². The summed E-state index contributed by atoms with van der Waals surface area (Å²) < 4.78 is 12.7. The van der Waals surface area contributed by atoms with E-state index < -0.39 is 0 Å². The predicted octanol–water partition coefficient (Wildman–Crippen LogP) is 3.96. The van der Waals surface area contributed by atoms with Crippen LogP contribution in [0.15, 0.2) is 0 Å². The maximum atomic E-state index is 6.82. The van der Waals surface area contributed by atoms with E-state index in [0.717, 1.165) is 25.7 Å². The molecule has 23 heavy (non-hydrogen) atoms. The smallest absolute Gasteiger partial charge is 0.0778 e. The molecule has 3 heteroatoms. The van der Waals surface area contributed by atoms with Gasteiger partial charge in [-0.1, -0.05) is 41.5 Å². The molecule has 3 aliphatic rings. The lowest BCUT2D eigenvalue weighted by atomic mass is 9.75. The summed E-state index contributed by atoms with van der Waals surface area (Å²) in [7, 11) is 0. The first kappa shape index (κ1) is 17.7. The Labute approximate surface area is 143 Å². The van der Waals surface area contributed by atoms with Gasteiger partial charge in [0.05, 0.1) is 24.9 Å². The minimum atomic E-state index is 0.363. The highest BCUT2D eigenvalue weighted by Gasteiger charge is 2.52. The van der Waals surface area contributed by atoms with Gasteiger partial charge >= 0.3 is 0 Å². The average Bonchev–Trinajstić information content (AvgIpc) is 3.30. The zero-order chi connectivity index (χ0) is 16.7. The van der Waals surface area contributed by atoms with Gasteiger partial charge in [0.2, 0.25) is 0 Å². The van der Waals surface area contributed by atoms with E-state index in [0.29, 0.717) is 48.0 Å². The third-order valence-electron chi connectivity index (χ3n) is 6.18. The van der Waals surface area contributed by atoms with Crippen LogP contribution in [0.1, 0.15) is 60.8 Å². The fraction of sp³-hybridized carbons (Fsp3) is 1.00. The van der Waals surface area contributed by atoms with Crippen molar-refractivity contribution in [3.8, 4) is 0 Å². The first-order valence-corrected chi connectivity index (χ1v) is 9.92. The normalized spacial score (nSPS) is 39.8. The maximum absolute atomic E-state index is 6.82. The van der Waals surface area contributed by atoms with E-state index in [-0.39, 0.29) is 0 Å². The molecule has 5 unspecified atom stereocenters. The van der Waals surface area contributed by atoms with Crippen LogP contribution in [0.4, 0.5) is 0 Å². The van der Waals surface area contributed by atoms with Crippen LogP contribution < -0.4 is 0 Å². The van der Waals surface area contributed by atoms with E-state index in [1.807, 2.05) is 0 Å². The fourth-order valence-corrected chi connectivity index (χ4v) is 5.10. The van der Waals surface area contributed by atoms with Crippen LogP contribution in [0.5, 0.6) is 0 Å².